The lowest BCUT2D eigenvalue weighted by Gasteiger charge is -2.26. The van der Waals surface area contributed by atoms with E-state index in [4.69, 9.17) is 4.74 Å². The summed E-state index contributed by atoms with van der Waals surface area (Å²) in [6, 6.07) is 14.4. The lowest BCUT2D eigenvalue weighted by molar-refractivity contribution is 0.0701. The van der Waals surface area contributed by atoms with E-state index in [2.05, 4.69) is 28.5 Å². The molecule has 0 aliphatic heterocycles. The van der Waals surface area contributed by atoms with E-state index in [1.807, 2.05) is 44.4 Å². The molecule has 1 aromatic heterocycles. The number of hydrogen-bond acceptors (Lipinski definition) is 3. The molecule has 1 N–H and O–H groups in total. The highest BCUT2D eigenvalue weighted by Crippen LogP contribution is 2.30. The van der Waals surface area contributed by atoms with E-state index in [1.54, 1.807) is 7.11 Å². The van der Waals surface area contributed by atoms with Gasteiger partial charge in [0.25, 0.3) is 0 Å². The summed E-state index contributed by atoms with van der Waals surface area (Å²) in [5.41, 5.74) is 3.31. The molecule has 0 spiro atoms. The molecule has 0 bridgehead atoms. The van der Waals surface area contributed by atoms with Crippen molar-refractivity contribution >= 4 is 0 Å². The van der Waals surface area contributed by atoms with Crippen LogP contribution in [0.4, 0.5) is 0 Å². The van der Waals surface area contributed by atoms with Gasteiger partial charge < -0.3 is 10.1 Å². The van der Waals surface area contributed by atoms with Crippen molar-refractivity contribution in [1.29, 1.82) is 0 Å². The highest BCUT2D eigenvalue weighted by Gasteiger charge is 2.23. The lowest BCUT2D eigenvalue weighted by Crippen LogP contribution is -2.25. The van der Waals surface area contributed by atoms with E-state index >= 15 is 0 Å². The number of nitrogens with one attached hydrogen (secondary N) is 1. The van der Waals surface area contributed by atoms with Crippen molar-refractivity contribution in [3.63, 3.8) is 0 Å². The van der Waals surface area contributed by atoms with E-state index in [9.17, 15) is 0 Å². The summed E-state index contributed by atoms with van der Waals surface area (Å²) in [5.74, 6) is 0. The van der Waals surface area contributed by atoms with Crippen LogP contribution in [-0.2, 0) is 4.74 Å². The van der Waals surface area contributed by atoms with Crippen LogP contribution < -0.4 is 5.32 Å². The first kappa shape index (κ1) is 13.7. The molecular formula is C16H20N2O. The molecule has 0 aliphatic rings. The van der Waals surface area contributed by atoms with Gasteiger partial charge in [-0.15, -0.1) is 0 Å². The van der Waals surface area contributed by atoms with Crippen LogP contribution in [0.3, 0.4) is 0 Å². The maximum absolute atomic E-state index is 5.68. The summed E-state index contributed by atoms with van der Waals surface area (Å²) >= 11 is 0. The molecule has 1 aromatic carbocycles. The summed E-state index contributed by atoms with van der Waals surface area (Å²) in [7, 11) is 3.68. The maximum Gasteiger partial charge on any atom is 0.102 e. The topological polar surface area (TPSA) is 34.2 Å². The van der Waals surface area contributed by atoms with E-state index in [-0.39, 0.29) is 12.1 Å². The monoisotopic (exact) mass is 256 g/mol. The van der Waals surface area contributed by atoms with Gasteiger partial charge in [0.2, 0.25) is 0 Å². The molecule has 0 radical (unpaired) electrons. The van der Waals surface area contributed by atoms with Crippen LogP contribution in [0.2, 0.25) is 0 Å². The highest BCUT2D eigenvalue weighted by atomic mass is 16.5. The lowest BCUT2D eigenvalue weighted by atomic mass is 9.96. The summed E-state index contributed by atoms with van der Waals surface area (Å²) in [4.78, 5) is 4.36. The number of aryl methyl sites for hydroxylation is 1. The molecule has 2 atom stereocenters. The minimum Gasteiger partial charge on any atom is -0.375 e. The van der Waals surface area contributed by atoms with Gasteiger partial charge in [-0.05, 0) is 31.2 Å². The average molecular weight is 256 g/mol. The first-order valence-electron chi connectivity index (χ1n) is 6.44. The molecule has 2 unspecified atom stereocenters. The largest absolute Gasteiger partial charge is 0.375 e. The van der Waals surface area contributed by atoms with Gasteiger partial charge in [-0.2, -0.15) is 0 Å². The van der Waals surface area contributed by atoms with Crippen LogP contribution in [-0.4, -0.2) is 19.1 Å². The first-order chi connectivity index (χ1) is 9.26. The molecule has 0 saturated carbocycles. The van der Waals surface area contributed by atoms with Crippen molar-refractivity contribution in [3.05, 3.63) is 65.5 Å². The van der Waals surface area contributed by atoms with Crippen molar-refractivity contribution < 1.29 is 4.74 Å². The number of methoxy groups -OCH3 is 1. The minimum absolute atomic E-state index is 0.0318. The Morgan fingerprint density at radius 1 is 1.05 bits per heavy atom. The third-order valence-electron chi connectivity index (χ3n) is 3.29. The SMILES string of the molecule is CNC(c1ccc(C)nc1)C(OC)c1ccccc1. The number of ether oxygens (including phenoxy) is 1. The number of aromatic nitrogens is 1. The van der Waals surface area contributed by atoms with Gasteiger partial charge in [-0.3, -0.25) is 4.98 Å². The summed E-state index contributed by atoms with van der Waals surface area (Å²) in [5, 5.41) is 3.32. The number of likely N-dealkylation sites (N-methyl/N-ethyl adjacent to an activating group) is 1. The van der Waals surface area contributed by atoms with Crippen LogP contribution >= 0.6 is 0 Å². The molecule has 19 heavy (non-hydrogen) atoms. The van der Waals surface area contributed by atoms with Crippen LogP contribution in [0, 0.1) is 6.92 Å². The molecule has 1 heterocycles. The predicted molar refractivity (Wildman–Crippen MR) is 77.0 cm³/mol. The molecule has 3 heteroatoms. The van der Waals surface area contributed by atoms with Gasteiger partial charge >= 0.3 is 0 Å². The van der Waals surface area contributed by atoms with E-state index in [0.29, 0.717) is 0 Å². The minimum atomic E-state index is -0.0318. The highest BCUT2D eigenvalue weighted by molar-refractivity contribution is 5.25. The van der Waals surface area contributed by atoms with Gasteiger partial charge in [-0.25, -0.2) is 0 Å². The van der Waals surface area contributed by atoms with E-state index < -0.39 is 0 Å². The Hall–Kier alpha value is -1.71. The summed E-state index contributed by atoms with van der Waals surface area (Å²) in [6.45, 7) is 1.99. The van der Waals surface area contributed by atoms with Gasteiger partial charge in [0, 0.05) is 19.0 Å². The smallest absolute Gasteiger partial charge is 0.102 e. The Bertz CT molecular complexity index is 496. The zero-order valence-corrected chi connectivity index (χ0v) is 11.6. The predicted octanol–water partition coefficient (Wildman–Crippen LogP) is 3.04. The zero-order chi connectivity index (χ0) is 13.7. The van der Waals surface area contributed by atoms with Crippen LogP contribution in [0.5, 0.6) is 0 Å². The Morgan fingerprint density at radius 3 is 2.32 bits per heavy atom. The van der Waals surface area contributed by atoms with Crippen molar-refractivity contribution in [2.45, 2.75) is 19.1 Å². The molecule has 0 aliphatic carbocycles. The molecular weight excluding hydrogens is 236 g/mol. The molecule has 0 fully saturated rings. The van der Waals surface area contributed by atoms with Gasteiger partial charge in [0.1, 0.15) is 6.10 Å². The number of hydrogen-bond donors (Lipinski definition) is 1. The van der Waals surface area contributed by atoms with Crippen molar-refractivity contribution in [1.82, 2.24) is 10.3 Å². The summed E-state index contributed by atoms with van der Waals surface area (Å²) in [6.07, 6.45) is 1.88. The Labute approximate surface area is 114 Å². The van der Waals surface area contributed by atoms with E-state index in [1.165, 1.54) is 0 Å². The van der Waals surface area contributed by atoms with Crippen molar-refractivity contribution in [3.8, 4) is 0 Å². The molecule has 2 rings (SSSR count). The summed E-state index contributed by atoms with van der Waals surface area (Å²) < 4.78 is 5.68. The quantitative estimate of drug-likeness (QED) is 0.893. The first-order valence-corrected chi connectivity index (χ1v) is 6.44. The second-order valence-electron chi connectivity index (χ2n) is 4.57. The van der Waals surface area contributed by atoms with Crippen molar-refractivity contribution in [2.75, 3.05) is 14.2 Å². The van der Waals surface area contributed by atoms with Crippen molar-refractivity contribution in [2.24, 2.45) is 0 Å². The van der Waals surface area contributed by atoms with Gasteiger partial charge in [0.15, 0.2) is 0 Å². The van der Waals surface area contributed by atoms with Crippen LogP contribution in [0.1, 0.15) is 29.0 Å². The second-order valence-corrected chi connectivity index (χ2v) is 4.57. The normalized spacial score (nSPS) is 14.1. The number of nitrogens with zero attached hydrogens (tertiary/aromatic N) is 1. The van der Waals surface area contributed by atoms with E-state index in [0.717, 1.165) is 16.8 Å². The number of pyridine rings is 1. The Kier molecular flexibility index (Phi) is 4.66. The third kappa shape index (κ3) is 3.19. The molecule has 100 valence electrons. The number of rotatable bonds is 5. The molecule has 2 aromatic rings. The van der Waals surface area contributed by atoms with Crippen LogP contribution in [0.15, 0.2) is 48.7 Å². The molecule has 0 saturated heterocycles. The standard InChI is InChI=1S/C16H20N2O/c1-12-9-10-14(11-18-12)15(17-2)16(19-3)13-7-5-4-6-8-13/h4-11,15-17H,1-3H3. The average Bonchev–Trinajstić information content (AvgIpc) is 2.47. The third-order valence-corrected chi connectivity index (χ3v) is 3.29. The second kappa shape index (κ2) is 6.45. The van der Waals surface area contributed by atoms with Gasteiger partial charge in [-0.1, -0.05) is 36.4 Å². The Balaban J connectivity index is 2.31. The Morgan fingerprint density at radius 2 is 1.79 bits per heavy atom. The fraction of sp³-hybridized carbons (Fsp3) is 0.312. The molecule has 3 nitrogen and oxygen atoms in total. The van der Waals surface area contributed by atoms with Crippen LogP contribution in [0.25, 0.3) is 0 Å². The van der Waals surface area contributed by atoms with Gasteiger partial charge in [0.05, 0.1) is 6.04 Å². The fourth-order valence-corrected chi connectivity index (χ4v) is 2.26. The molecule has 0 amide bonds. The number of benzene rings is 1. The maximum atomic E-state index is 5.68. The fourth-order valence-electron chi connectivity index (χ4n) is 2.26. The zero-order valence-electron chi connectivity index (χ0n) is 11.6.